The molecule has 1 fully saturated rings. The largest absolute Gasteiger partial charge is 0.443 e. The molecule has 0 saturated carbocycles. The van der Waals surface area contributed by atoms with Crippen LogP contribution >= 0.6 is 0 Å². The summed E-state index contributed by atoms with van der Waals surface area (Å²) in [7, 11) is 0. The molecule has 0 spiro atoms. The van der Waals surface area contributed by atoms with E-state index in [0.717, 1.165) is 0 Å². The van der Waals surface area contributed by atoms with Crippen molar-refractivity contribution in [3.05, 3.63) is 0 Å². The Morgan fingerprint density at radius 2 is 1.86 bits per heavy atom. The Morgan fingerprint density at radius 1 is 1.36 bits per heavy atom. The number of alkyl halides is 3. The van der Waals surface area contributed by atoms with Crippen molar-refractivity contribution < 1.29 is 27.8 Å². The lowest BCUT2D eigenvalue weighted by Crippen LogP contribution is -2.57. The van der Waals surface area contributed by atoms with Crippen LogP contribution in [-0.4, -0.2) is 28.5 Å². The molecule has 0 unspecified atom stereocenters. The fraction of sp³-hybridized carbons (Fsp3) is 0.875. The smallest absolute Gasteiger partial charge is 0.358 e. The monoisotopic (exact) mass is 212 g/mol. The van der Waals surface area contributed by atoms with Crippen molar-refractivity contribution in [2.75, 3.05) is 0 Å². The Balaban J connectivity index is 2.96. The highest BCUT2D eigenvalue weighted by Crippen LogP contribution is 2.41. The van der Waals surface area contributed by atoms with E-state index >= 15 is 0 Å². The fourth-order valence-corrected chi connectivity index (χ4v) is 1.49. The van der Waals surface area contributed by atoms with Crippen molar-refractivity contribution in [1.29, 1.82) is 0 Å². The van der Waals surface area contributed by atoms with E-state index in [1.54, 1.807) is 0 Å². The quantitative estimate of drug-likeness (QED) is 0.660. The predicted molar refractivity (Wildman–Crippen MR) is 40.4 cm³/mol. The van der Waals surface area contributed by atoms with Gasteiger partial charge in [-0.2, -0.15) is 13.2 Å². The van der Waals surface area contributed by atoms with Gasteiger partial charge in [0.15, 0.2) is 0 Å². The maximum absolute atomic E-state index is 12.3. The van der Waals surface area contributed by atoms with Gasteiger partial charge in [-0.1, -0.05) is 0 Å². The number of ketones is 1. The molecule has 1 aliphatic heterocycles. The molecule has 0 aromatic carbocycles. The molecule has 1 N–H and O–H groups in total. The Hall–Kier alpha value is -0.620. The van der Waals surface area contributed by atoms with Crippen LogP contribution in [0.1, 0.15) is 26.7 Å². The molecule has 1 rings (SSSR count). The number of ether oxygens (including phenoxy) is 1. The minimum atomic E-state index is -4.94. The molecule has 6 heteroatoms. The third-order valence-corrected chi connectivity index (χ3v) is 1.95. The second-order valence-corrected chi connectivity index (χ2v) is 4.04. The van der Waals surface area contributed by atoms with E-state index in [2.05, 4.69) is 4.74 Å². The fourth-order valence-electron chi connectivity index (χ4n) is 1.49. The molecule has 1 saturated heterocycles. The third-order valence-electron chi connectivity index (χ3n) is 1.95. The van der Waals surface area contributed by atoms with Gasteiger partial charge in [0.05, 0.1) is 12.0 Å². The van der Waals surface area contributed by atoms with Gasteiger partial charge in [0.1, 0.15) is 5.78 Å². The van der Waals surface area contributed by atoms with Crippen LogP contribution in [0.2, 0.25) is 0 Å². The predicted octanol–water partition coefficient (Wildman–Crippen LogP) is 1.40. The van der Waals surface area contributed by atoms with Crippen molar-refractivity contribution in [2.24, 2.45) is 0 Å². The summed E-state index contributed by atoms with van der Waals surface area (Å²) in [6, 6.07) is 0. The standard InChI is InChI=1S/C8H11F3O3/c1-6(2)3-5(12)4-7(13,14-6)8(9,10)11/h13H,3-4H2,1-2H3/t7-/m0/s1. The van der Waals surface area contributed by atoms with E-state index in [-0.39, 0.29) is 6.42 Å². The molecular formula is C8H11F3O3. The van der Waals surface area contributed by atoms with Crippen molar-refractivity contribution in [2.45, 2.75) is 44.3 Å². The number of carbonyl (C=O) groups excluding carboxylic acids is 1. The van der Waals surface area contributed by atoms with E-state index < -0.39 is 29.8 Å². The van der Waals surface area contributed by atoms with E-state index in [1.165, 1.54) is 13.8 Å². The average Bonchev–Trinajstić information content (AvgIpc) is 1.76. The van der Waals surface area contributed by atoms with Crippen LogP contribution in [0.15, 0.2) is 0 Å². The molecule has 3 nitrogen and oxygen atoms in total. The zero-order valence-electron chi connectivity index (χ0n) is 7.81. The summed E-state index contributed by atoms with van der Waals surface area (Å²) in [6.07, 6.45) is -6.09. The zero-order valence-corrected chi connectivity index (χ0v) is 7.81. The molecule has 1 aliphatic rings. The summed E-state index contributed by atoms with van der Waals surface area (Å²) in [6.45, 7) is 2.67. The number of halogens is 3. The molecule has 0 radical (unpaired) electrons. The first-order valence-electron chi connectivity index (χ1n) is 4.07. The number of rotatable bonds is 0. The van der Waals surface area contributed by atoms with Gasteiger partial charge in [-0.3, -0.25) is 4.79 Å². The minimum absolute atomic E-state index is 0.120. The second-order valence-electron chi connectivity index (χ2n) is 4.04. The topological polar surface area (TPSA) is 46.5 Å². The molecule has 0 aliphatic carbocycles. The van der Waals surface area contributed by atoms with Gasteiger partial charge >= 0.3 is 6.18 Å². The first-order chi connectivity index (χ1) is 6.06. The Labute approximate surface area is 78.9 Å². The van der Waals surface area contributed by atoms with Crippen molar-refractivity contribution in [3.63, 3.8) is 0 Å². The van der Waals surface area contributed by atoms with Crippen LogP contribution in [-0.2, 0) is 9.53 Å². The summed E-state index contributed by atoms with van der Waals surface area (Å²) < 4.78 is 41.5. The Morgan fingerprint density at radius 3 is 2.21 bits per heavy atom. The Kier molecular flexibility index (Phi) is 2.40. The lowest BCUT2D eigenvalue weighted by atomic mass is 9.92. The van der Waals surface area contributed by atoms with Crippen LogP contribution < -0.4 is 0 Å². The molecule has 1 heterocycles. The normalized spacial score (nSPS) is 33.1. The molecule has 0 amide bonds. The molecule has 1 atom stereocenters. The van der Waals surface area contributed by atoms with Gasteiger partial charge in [0.25, 0.3) is 5.79 Å². The van der Waals surface area contributed by atoms with Crippen LogP contribution in [0.4, 0.5) is 13.2 Å². The minimum Gasteiger partial charge on any atom is -0.358 e. The molecule has 0 aromatic rings. The first kappa shape index (κ1) is 11.5. The summed E-state index contributed by atoms with van der Waals surface area (Å²) in [5.74, 6) is -3.98. The molecule has 0 aromatic heterocycles. The summed E-state index contributed by atoms with van der Waals surface area (Å²) in [5, 5.41) is 9.15. The van der Waals surface area contributed by atoms with Crippen LogP contribution in [0.3, 0.4) is 0 Å². The number of hydrogen-bond acceptors (Lipinski definition) is 3. The van der Waals surface area contributed by atoms with Gasteiger partial charge < -0.3 is 9.84 Å². The van der Waals surface area contributed by atoms with Gasteiger partial charge in [0.2, 0.25) is 0 Å². The number of aliphatic hydroxyl groups is 1. The highest BCUT2D eigenvalue weighted by molar-refractivity contribution is 5.81. The molecule has 14 heavy (non-hydrogen) atoms. The van der Waals surface area contributed by atoms with E-state index in [1.807, 2.05) is 0 Å². The van der Waals surface area contributed by atoms with E-state index in [9.17, 15) is 18.0 Å². The van der Waals surface area contributed by atoms with Gasteiger partial charge in [-0.25, -0.2) is 0 Å². The van der Waals surface area contributed by atoms with E-state index in [0.29, 0.717) is 0 Å². The summed E-state index contributed by atoms with van der Waals surface area (Å²) >= 11 is 0. The Bertz CT molecular complexity index is 259. The van der Waals surface area contributed by atoms with Gasteiger partial charge in [-0.05, 0) is 13.8 Å². The first-order valence-corrected chi connectivity index (χ1v) is 4.07. The SMILES string of the molecule is CC1(C)CC(=O)C[C@@](O)(C(F)(F)F)O1. The van der Waals surface area contributed by atoms with Crippen molar-refractivity contribution in [1.82, 2.24) is 0 Å². The van der Waals surface area contributed by atoms with Crippen molar-refractivity contribution in [3.8, 4) is 0 Å². The van der Waals surface area contributed by atoms with Crippen LogP contribution in [0.25, 0.3) is 0 Å². The maximum atomic E-state index is 12.3. The lowest BCUT2D eigenvalue weighted by molar-refractivity contribution is -0.394. The molecular weight excluding hydrogens is 201 g/mol. The van der Waals surface area contributed by atoms with Crippen LogP contribution in [0.5, 0.6) is 0 Å². The van der Waals surface area contributed by atoms with Crippen LogP contribution in [0, 0.1) is 0 Å². The highest BCUT2D eigenvalue weighted by atomic mass is 19.4. The average molecular weight is 212 g/mol. The number of hydrogen-bond donors (Lipinski definition) is 1. The number of Topliss-reactive ketones (excluding diaryl/α,β-unsaturated/α-hetero) is 1. The summed E-state index contributed by atoms with van der Waals surface area (Å²) in [5.41, 5.74) is -1.28. The van der Waals surface area contributed by atoms with Gasteiger partial charge in [-0.15, -0.1) is 0 Å². The zero-order chi connectivity index (χ0) is 11.2. The molecule has 82 valence electrons. The van der Waals surface area contributed by atoms with E-state index in [4.69, 9.17) is 5.11 Å². The summed E-state index contributed by atoms with van der Waals surface area (Å²) in [4.78, 5) is 11.0. The second kappa shape index (κ2) is 2.93. The number of carbonyl (C=O) groups is 1. The third kappa shape index (κ3) is 2.06. The lowest BCUT2D eigenvalue weighted by Gasteiger charge is -2.41. The maximum Gasteiger partial charge on any atom is 0.443 e. The van der Waals surface area contributed by atoms with Gasteiger partial charge in [0, 0.05) is 6.42 Å². The van der Waals surface area contributed by atoms with Crippen molar-refractivity contribution >= 4 is 5.78 Å². The molecule has 0 bridgehead atoms. The highest BCUT2D eigenvalue weighted by Gasteiger charge is 2.60.